The first-order chi connectivity index (χ1) is 11.2. The van der Waals surface area contributed by atoms with Crippen molar-refractivity contribution in [2.24, 2.45) is 5.92 Å². The van der Waals surface area contributed by atoms with Gasteiger partial charge in [0.15, 0.2) is 15.9 Å². The van der Waals surface area contributed by atoms with Gasteiger partial charge in [-0.25, -0.2) is 13.2 Å². The Morgan fingerprint density at radius 2 is 1.92 bits per heavy atom. The van der Waals surface area contributed by atoms with Gasteiger partial charge in [-0.2, -0.15) is 0 Å². The zero-order valence-corrected chi connectivity index (χ0v) is 14.4. The van der Waals surface area contributed by atoms with Crippen LogP contribution in [0.15, 0.2) is 24.3 Å². The Balaban J connectivity index is 1.99. The van der Waals surface area contributed by atoms with Crippen molar-refractivity contribution in [1.29, 1.82) is 0 Å². The number of carboxylic acid groups (broad SMARTS) is 1. The number of carbonyl (C=O) groups is 2. The van der Waals surface area contributed by atoms with E-state index in [1.54, 1.807) is 31.2 Å². The van der Waals surface area contributed by atoms with Gasteiger partial charge in [0.05, 0.1) is 5.75 Å². The van der Waals surface area contributed by atoms with E-state index in [4.69, 9.17) is 9.84 Å². The molecular weight excluding hydrogens is 334 g/mol. The molecule has 1 amide bonds. The summed E-state index contributed by atoms with van der Waals surface area (Å²) in [5.41, 5.74) is 1.33. The van der Waals surface area contributed by atoms with Crippen LogP contribution in [0.2, 0.25) is 0 Å². The molecule has 132 valence electrons. The molecule has 0 aromatic heterocycles. The first-order valence-electron chi connectivity index (χ1n) is 7.58. The molecule has 2 N–H and O–H groups in total. The van der Waals surface area contributed by atoms with Gasteiger partial charge in [-0.15, -0.1) is 0 Å². The molecule has 1 fully saturated rings. The SMILES string of the molecule is C[C@@H]1C[C@H](C(=O)NCc2ccccc2CS(C)(=O)=O)O[C@H]1C(=O)O. The van der Waals surface area contributed by atoms with Gasteiger partial charge in [0, 0.05) is 12.8 Å². The molecule has 1 aliphatic heterocycles. The normalized spacial score (nSPS) is 23.8. The predicted octanol–water partition coefficient (Wildman–Crippen LogP) is 0.726. The van der Waals surface area contributed by atoms with Crippen LogP contribution in [0.3, 0.4) is 0 Å². The fraction of sp³-hybridized carbons (Fsp3) is 0.500. The largest absolute Gasteiger partial charge is 0.479 e. The number of hydrogen-bond acceptors (Lipinski definition) is 5. The summed E-state index contributed by atoms with van der Waals surface area (Å²) < 4.78 is 28.2. The average molecular weight is 355 g/mol. The fourth-order valence-electron chi connectivity index (χ4n) is 2.75. The summed E-state index contributed by atoms with van der Waals surface area (Å²) in [5.74, 6) is -1.80. The Morgan fingerprint density at radius 3 is 2.46 bits per heavy atom. The van der Waals surface area contributed by atoms with E-state index < -0.39 is 28.0 Å². The number of benzene rings is 1. The molecule has 0 unspecified atom stereocenters. The Hall–Kier alpha value is -1.93. The zero-order valence-electron chi connectivity index (χ0n) is 13.6. The second kappa shape index (κ2) is 7.31. The molecular formula is C16H21NO6S. The highest BCUT2D eigenvalue weighted by atomic mass is 32.2. The lowest BCUT2D eigenvalue weighted by atomic mass is 10.0. The molecule has 0 radical (unpaired) electrons. The summed E-state index contributed by atoms with van der Waals surface area (Å²) in [6.45, 7) is 1.89. The van der Waals surface area contributed by atoms with Crippen molar-refractivity contribution >= 4 is 21.7 Å². The van der Waals surface area contributed by atoms with Crippen molar-refractivity contribution in [1.82, 2.24) is 5.32 Å². The topological polar surface area (TPSA) is 110 Å². The summed E-state index contributed by atoms with van der Waals surface area (Å²) in [5, 5.41) is 11.7. The van der Waals surface area contributed by atoms with Crippen LogP contribution in [0, 0.1) is 5.92 Å². The first kappa shape index (κ1) is 18.4. The third kappa shape index (κ3) is 4.78. The van der Waals surface area contributed by atoms with Gasteiger partial charge in [-0.05, 0) is 23.5 Å². The van der Waals surface area contributed by atoms with Gasteiger partial charge in [0.2, 0.25) is 5.91 Å². The van der Waals surface area contributed by atoms with Gasteiger partial charge in [-0.1, -0.05) is 31.2 Å². The number of sulfone groups is 1. The van der Waals surface area contributed by atoms with Crippen molar-refractivity contribution in [2.45, 2.75) is 37.9 Å². The molecule has 3 atom stereocenters. The molecule has 24 heavy (non-hydrogen) atoms. The van der Waals surface area contributed by atoms with E-state index in [-0.39, 0.29) is 24.1 Å². The summed E-state index contributed by atoms with van der Waals surface area (Å²) in [6, 6.07) is 6.96. The maximum Gasteiger partial charge on any atom is 0.333 e. The van der Waals surface area contributed by atoms with Crippen molar-refractivity contribution in [3.05, 3.63) is 35.4 Å². The van der Waals surface area contributed by atoms with E-state index in [0.717, 1.165) is 6.26 Å². The molecule has 1 saturated heterocycles. The van der Waals surface area contributed by atoms with Gasteiger partial charge < -0.3 is 15.2 Å². The number of rotatable bonds is 6. The molecule has 0 saturated carbocycles. The zero-order chi connectivity index (χ0) is 17.9. The molecule has 1 aromatic carbocycles. The van der Waals surface area contributed by atoms with E-state index in [0.29, 0.717) is 17.5 Å². The molecule has 1 aromatic rings. The standard InChI is InChI=1S/C16H21NO6S/c1-10-7-13(23-14(10)16(19)20)15(18)17-8-11-5-3-4-6-12(11)9-24(2,21)22/h3-6,10,13-14H,7-9H2,1-2H3,(H,17,18)(H,19,20)/t10-,13-,14-/m1/s1. The molecule has 1 aliphatic rings. The van der Waals surface area contributed by atoms with E-state index in [1.807, 2.05) is 0 Å². The predicted molar refractivity (Wildman–Crippen MR) is 86.9 cm³/mol. The van der Waals surface area contributed by atoms with E-state index in [2.05, 4.69) is 5.32 Å². The third-order valence-electron chi connectivity index (χ3n) is 3.94. The van der Waals surface area contributed by atoms with Crippen LogP contribution in [0.4, 0.5) is 0 Å². The number of aliphatic carboxylic acids is 1. The van der Waals surface area contributed by atoms with Gasteiger partial charge in [0.1, 0.15) is 6.10 Å². The van der Waals surface area contributed by atoms with Crippen LogP contribution in [0.5, 0.6) is 0 Å². The van der Waals surface area contributed by atoms with Gasteiger partial charge >= 0.3 is 5.97 Å². The molecule has 7 nitrogen and oxygen atoms in total. The minimum atomic E-state index is -3.18. The van der Waals surface area contributed by atoms with Crippen LogP contribution in [-0.4, -0.2) is 43.9 Å². The van der Waals surface area contributed by atoms with Gasteiger partial charge in [-0.3, -0.25) is 4.79 Å². The Kier molecular flexibility index (Phi) is 5.61. The lowest BCUT2D eigenvalue weighted by Gasteiger charge is -2.13. The molecule has 0 bridgehead atoms. The summed E-state index contributed by atoms with van der Waals surface area (Å²) in [6.07, 6.45) is -0.280. The van der Waals surface area contributed by atoms with Crippen LogP contribution >= 0.6 is 0 Å². The van der Waals surface area contributed by atoms with Crippen molar-refractivity contribution < 1.29 is 27.9 Å². The van der Waals surface area contributed by atoms with Crippen LogP contribution in [0.25, 0.3) is 0 Å². The van der Waals surface area contributed by atoms with E-state index in [1.165, 1.54) is 0 Å². The van der Waals surface area contributed by atoms with E-state index in [9.17, 15) is 18.0 Å². The maximum absolute atomic E-state index is 12.2. The van der Waals surface area contributed by atoms with Crippen molar-refractivity contribution in [2.75, 3.05) is 6.26 Å². The highest BCUT2D eigenvalue weighted by Gasteiger charge is 2.40. The maximum atomic E-state index is 12.2. The number of hydrogen-bond donors (Lipinski definition) is 2. The lowest BCUT2D eigenvalue weighted by molar-refractivity contribution is -0.153. The van der Waals surface area contributed by atoms with Crippen LogP contribution in [-0.2, 0) is 36.5 Å². The highest BCUT2D eigenvalue weighted by Crippen LogP contribution is 2.26. The summed E-state index contributed by atoms with van der Waals surface area (Å²) >= 11 is 0. The Labute approximate surface area is 140 Å². The Morgan fingerprint density at radius 1 is 1.29 bits per heavy atom. The molecule has 1 heterocycles. The number of carboxylic acids is 1. The highest BCUT2D eigenvalue weighted by molar-refractivity contribution is 7.89. The summed E-state index contributed by atoms with van der Waals surface area (Å²) in [4.78, 5) is 23.2. The van der Waals surface area contributed by atoms with Crippen molar-refractivity contribution in [3.8, 4) is 0 Å². The van der Waals surface area contributed by atoms with E-state index >= 15 is 0 Å². The number of carbonyl (C=O) groups excluding carboxylic acids is 1. The molecule has 2 rings (SSSR count). The number of ether oxygens (including phenoxy) is 1. The molecule has 0 aliphatic carbocycles. The lowest BCUT2D eigenvalue weighted by Crippen LogP contribution is -2.35. The average Bonchev–Trinajstić information content (AvgIpc) is 2.87. The molecule has 8 heteroatoms. The minimum absolute atomic E-state index is 0.100. The van der Waals surface area contributed by atoms with Crippen LogP contribution < -0.4 is 5.32 Å². The number of nitrogens with one attached hydrogen (secondary N) is 1. The monoisotopic (exact) mass is 355 g/mol. The van der Waals surface area contributed by atoms with Gasteiger partial charge in [0.25, 0.3) is 0 Å². The second-order valence-electron chi connectivity index (χ2n) is 6.15. The Bertz CT molecular complexity index is 730. The minimum Gasteiger partial charge on any atom is -0.479 e. The van der Waals surface area contributed by atoms with Crippen LogP contribution in [0.1, 0.15) is 24.5 Å². The molecule has 0 spiro atoms. The first-order valence-corrected chi connectivity index (χ1v) is 9.64. The van der Waals surface area contributed by atoms with Crippen molar-refractivity contribution in [3.63, 3.8) is 0 Å². The summed E-state index contributed by atoms with van der Waals surface area (Å²) in [7, 11) is -3.18. The number of amides is 1. The quantitative estimate of drug-likeness (QED) is 0.778. The fourth-order valence-corrected chi connectivity index (χ4v) is 3.59. The second-order valence-corrected chi connectivity index (χ2v) is 8.29. The third-order valence-corrected chi connectivity index (χ3v) is 4.77. The smallest absolute Gasteiger partial charge is 0.333 e.